The average molecular weight is 410 g/mol. The molecule has 1 unspecified atom stereocenters. The molecule has 0 bridgehead atoms. The SMILES string of the molecule is O=C(O)C(Cc1ccc(-c2ccn[nH]2)cc1)NC(=O)[C@@H](CS)Cc1ccccc1. The highest BCUT2D eigenvalue weighted by molar-refractivity contribution is 7.80. The van der Waals surface area contributed by atoms with Crippen LogP contribution in [0, 0.1) is 5.92 Å². The molecule has 0 radical (unpaired) electrons. The minimum absolute atomic E-state index is 0.203. The summed E-state index contributed by atoms with van der Waals surface area (Å²) in [7, 11) is 0. The Labute approximate surface area is 174 Å². The molecular formula is C22H23N3O3S. The van der Waals surface area contributed by atoms with E-state index in [1.54, 1.807) is 6.20 Å². The summed E-state index contributed by atoms with van der Waals surface area (Å²) >= 11 is 4.28. The third kappa shape index (κ3) is 5.71. The summed E-state index contributed by atoms with van der Waals surface area (Å²) in [5.74, 6) is -1.42. The van der Waals surface area contributed by atoms with Gasteiger partial charge < -0.3 is 10.4 Å². The van der Waals surface area contributed by atoms with Gasteiger partial charge in [0.25, 0.3) is 0 Å². The van der Waals surface area contributed by atoms with Crippen molar-refractivity contribution in [1.29, 1.82) is 0 Å². The molecule has 2 atom stereocenters. The third-order valence-corrected chi connectivity index (χ3v) is 5.18. The van der Waals surface area contributed by atoms with Crippen LogP contribution in [0.1, 0.15) is 11.1 Å². The summed E-state index contributed by atoms with van der Waals surface area (Å²) in [4.78, 5) is 24.4. The fourth-order valence-corrected chi connectivity index (χ4v) is 3.40. The van der Waals surface area contributed by atoms with Crippen molar-refractivity contribution in [1.82, 2.24) is 15.5 Å². The van der Waals surface area contributed by atoms with Crippen LogP contribution in [0.3, 0.4) is 0 Å². The lowest BCUT2D eigenvalue weighted by molar-refractivity contribution is -0.142. The molecule has 2 aromatic carbocycles. The number of benzene rings is 2. The van der Waals surface area contributed by atoms with E-state index in [9.17, 15) is 14.7 Å². The molecule has 0 fully saturated rings. The first-order chi connectivity index (χ1) is 14.1. The van der Waals surface area contributed by atoms with Gasteiger partial charge in [0, 0.05) is 18.4 Å². The van der Waals surface area contributed by atoms with E-state index < -0.39 is 17.9 Å². The first kappa shape index (κ1) is 20.7. The zero-order valence-corrected chi connectivity index (χ0v) is 16.7. The number of hydrogen-bond donors (Lipinski definition) is 4. The minimum atomic E-state index is -1.06. The number of carboxylic acid groups (broad SMARTS) is 1. The summed E-state index contributed by atoms with van der Waals surface area (Å²) in [5.41, 5.74) is 3.69. The molecule has 29 heavy (non-hydrogen) atoms. The number of aromatic amines is 1. The number of aromatic nitrogens is 2. The normalized spacial score (nSPS) is 12.9. The molecule has 3 N–H and O–H groups in total. The monoisotopic (exact) mass is 409 g/mol. The van der Waals surface area contributed by atoms with Gasteiger partial charge in [-0.25, -0.2) is 4.79 Å². The molecule has 1 aromatic heterocycles. The van der Waals surface area contributed by atoms with E-state index in [1.165, 1.54) is 0 Å². The summed E-state index contributed by atoms with van der Waals surface area (Å²) in [5, 5.41) is 19.1. The maximum Gasteiger partial charge on any atom is 0.326 e. The summed E-state index contributed by atoms with van der Waals surface area (Å²) < 4.78 is 0. The molecule has 1 amide bonds. The first-order valence-corrected chi connectivity index (χ1v) is 9.96. The van der Waals surface area contributed by atoms with Crippen molar-refractivity contribution in [3.8, 4) is 11.3 Å². The second-order valence-electron chi connectivity index (χ2n) is 6.84. The standard InChI is InChI=1S/C22H23N3O3S/c26-21(18(14-29)12-15-4-2-1-3-5-15)24-20(22(27)28)13-16-6-8-17(9-7-16)19-10-11-23-25-19/h1-11,18,20,29H,12-14H2,(H,23,25)(H,24,26)(H,27,28)/t18-,20?/m1/s1. The lowest BCUT2D eigenvalue weighted by Gasteiger charge is -2.19. The van der Waals surface area contributed by atoms with Crippen LogP contribution in [0.25, 0.3) is 11.3 Å². The van der Waals surface area contributed by atoms with E-state index >= 15 is 0 Å². The number of amides is 1. The lowest BCUT2D eigenvalue weighted by Crippen LogP contribution is -2.45. The van der Waals surface area contributed by atoms with Gasteiger partial charge in [-0.1, -0.05) is 54.6 Å². The van der Waals surface area contributed by atoms with Crippen molar-refractivity contribution in [3.63, 3.8) is 0 Å². The van der Waals surface area contributed by atoms with Gasteiger partial charge in [0.15, 0.2) is 0 Å². The molecule has 0 saturated heterocycles. The Balaban J connectivity index is 1.64. The second-order valence-corrected chi connectivity index (χ2v) is 7.21. The molecule has 0 aliphatic rings. The number of carbonyl (C=O) groups excluding carboxylic acids is 1. The van der Waals surface area contributed by atoms with E-state index in [0.717, 1.165) is 22.4 Å². The van der Waals surface area contributed by atoms with Gasteiger partial charge in [-0.05, 0) is 29.2 Å². The zero-order valence-electron chi connectivity index (χ0n) is 15.8. The summed E-state index contributed by atoms with van der Waals surface area (Å²) in [6.07, 6.45) is 2.39. The largest absolute Gasteiger partial charge is 0.480 e. The predicted molar refractivity (Wildman–Crippen MR) is 115 cm³/mol. The maximum atomic E-state index is 12.7. The van der Waals surface area contributed by atoms with Gasteiger partial charge in [-0.2, -0.15) is 17.7 Å². The Hall–Kier alpha value is -3.06. The van der Waals surface area contributed by atoms with Gasteiger partial charge >= 0.3 is 5.97 Å². The predicted octanol–water partition coefficient (Wildman–Crippen LogP) is 2.98. The van der Waals surface area contributed by atoms with E-state index in [0.29, 0.717) is 12.2 Å². The molecule has 0 saturated carbocycles. The van der Waals surface area contributed by atoms with Gasteiger partial charge in [0.05, 0.1) is 11.6 Å². The molecule has 0 aliphatic carbocycles. The highest BCUT2D eigenvalue weighted by Gasteiger charge is 2.25. The number of H-pyrrole nitrogens is 1. The number of aliphatic carboxylic acids is 1. The van der Waals surface area contributed by atoms with Crippen LogP contribution in [0.4, 0.5) is 0 Å². The summed E-state index contributed by atoms with van der Waals surface area (Å²) in [6, 6.07) is 18.0. The van der Waals surface area contributed by atoms with Crippen molar-refractivity contribution in [2.75, 3.05) is 5.75 Å². The molecule has 7 heteroatoms. The average Bonchev–Trinajstić information content (AvgIpc) is 3.27. The van der Waals surface area contributed by atoms with E-state index in [-0.39, 0.29) is 12.3 Å². The van der Waals surface area contributed by atoms with Crippen molar-refractivity contribution in [2.45, 2.75) is 18.9 Å². The van der Waals surface area contributed by atoms with E-state index in [2.05, 4.69) is 28.1 Å². The maximum absolute atomic E-state index is 12.7. The van der Waals surface area contributed by atoms with Gasteiger partial charge in [-0.3, -0.25) is 9.89 Å². The second kappa shape index (κ2) is 9.93. The topological polar surface area (TPSA) is 95.1 Å². The molecule has 150 valence electrons. The number of rotatable bonds is 9. The van der Waals surface area contributed by atoms with Crippen molar-refractivity contribution < 1.29 is 14.7 Å². The first-order valence-electron chi connectivity index (χ1n) is 9.33. The van der Waals surface area contributed by atoms with Gasteiger partial charge in [-0.15, -0.1) is 0 Å². The highest BCUT2D eigenvalue weighted by Crippen LogP contribution is 2.18. The zero-order chi connectivity index (χ0) is 20.6. The van der Waals surface area contributed by atoms with Crippen LogP contribution in [-0.4, -0.2) is 39.0 Å². The van der Waals surface area contributed by atoms with Crippen LogP contribution in [-0.2, 0) is 22.4 Å². The Morgan fingerprint density at radius 1 is 1.00 bits per heavy atom. The Kier molecular flexibility index (Phi) is 7.08. The Bertz CT molecular complexity index is 928. The fraction of sp³-hybridized carbons (Fsp3) is 0.227. The molecular weight excluding hydrogens is 386 g/mol. The number of thiol groups is 1. The lowest BCUT2D eigenvalue weighted by atomic mass is 9.98. The third-order valence-electron chi connectivity index (χ3n) is 4.74. The Morgan fingerprint density at radius 3 is 2.28 bits per heavy atom. The molecule has 0 spiro atoms. The highest BCUT2D eigenvalue weighted by atomic mass is 32.1. The molecule has 0 aliphatic heterocycles. The van der Waals surface area contributed by atoms with Crippen molar-refractivity contribution in [2.24, 2.45) is 5.92 Å². The van der Waals surface area contributed by atoms with Crippen molar-refractivity contribution in [3.05, 3.63) is 78.0 Å². The van der Waals surface area contributed by atoms with Crippen LogP contribution in [0.2, 0.25) is 0 Å². The quantitative estimate of drug-likeness (QED) is 0.409. The van der Waals surface area contributed by atoms with Crippen LogP contribution >= 0.6 is 12.6 Å². The molecule has 3 rings (SSSR count). The number of carboxylic acids is 1. The Morgan fingerprint density at radius 2 is 1.69 bits per heavy atom. The molecule has 3 aromatic rings. The molecule has 6 nitrogen and oxygen atoms in total. The minimum Gasteiger partial charge on any atom is -0.480 e. The van der Waals surface area contributed by atoms with Crippen molar-refractivity contribution >= 4 is 24.5 Å². The van der Waals surface area contributed by atoms with E-state index in [1.807, 2.05) is 60.7 Å². The van der Waals surface area contributed by atoms with Crippen LogP contribution in [0.5, 0.6) is 0 Å². The molecule has 1 heterocycles. The van der Waals surface area contributed by atoms with Crippen LogP contribution in [0.15, 0.2) is 66.9 Å². The van der Waals surface area contributed by atoms with Gasteiger partial charge in [0.2, 0.25) is 5.91 Å². The van der Waals surface area contributed by atoms with E-state index in [4.69, 9.17) is 0 Å². The smallest absolute Gasteiger partial charge is 0.326 e. The van der Waals surface area contributed by atoms with Gasteiger partial charge in [0.1, 0.15) is 6.04 Å². The number of hydrogen-bond acceptors (Lipinski definition) is 4. The fourth-order valence-electron chi connectivity index (χ4n) is 3.10. The number of carbonyl (C=O) groups is 2. The number of nitrogens with one attached hydrogen (secondary N) is 2. The number of nitrogens with zero attached hydrogens (tertiary/aromatic N) is 1. The van der Waals surface area contributed by atoms with Crippen LogP contribution < -0.4 is 5.32 Å². The summed E-state index contributed by atoms with van der Waals surface area (Å²) in [6.45, 7) is 0.